The lowest BCUT2D eigenvalue weighted by Gasteiger charge is -2.09. The number of hydrogen-bond donors (Lipinski definition) is 1. The van der Waals surface area contributed by atoms with Crippen LogP contribution in [0.3, 0.4) is 0 Å². The molecule has 0 saturated carbocycles. The molecule has 5 nitrogen and oxygen atoms in total. The Morgan fingerprint density at radius 1 is 1.12 bits per heavy atom. The Morgan fingerprint density at radius 2 is 1.72 bits per heavy atom. The molecule has 0 aliphatic rings. The minimum absolute atomic E-state index is 0.0118. The van der Waals surface area contributed by atoms with Gasteiger partial charge >= 0.3 is 5.97 Å². The molecule has 0 radical (unpaired) electrons. The number of esters is 1. The van der Waals surface area contributed by atoms with Gasteiger partial charge in [-0.3, -0.25) is 0 Å². The third kappa shape index (κ3) is 4.45. The van der Waals surface area contributed by atoms with Crippen molar-refractivity contribution in [2.75, 3.05) is 12.4 Å². The summed E-state index contributed by atoms with van der Waals surface area (Å²) in [5.41, 5.74) is 1.41. The van der Waals surface area contributed by atoms with Gasteiger partial charge < -0.3 is 10.1 Å². The zero-order valence-electron chi connectivity index (χ0n) is 13.8. The van der Waals surface area contributed by atoms with Crippen LogP contribution in [0.15, 0.2) is 64.5 Å². The molecule has 0 bridgehead atoms. The number of anilines is 1. The molecule has 0 atom stereocenters. The summed E-state index contributed by atoms with van der Waals surface area (Å²) in [5.74, 6) is -1.42. The summed E-state index contributed by atoms with van der Waals surface area (Å²) in [7, 11) is -2.96. The molecular formula is C18H18FNO4S. The molecule has 0 spiro atoms. The molecule has 0 unspecified atom stereocenters. The van der Waals surface area contributed by atoms with Crippen LogP contribution in [0.1, 0.15) is 12.5 Å². The van der Waals surface area contributed by atoms with Crippen LogP contribution in [0.4, 0.5) is 10.1 Å². The van der Waals surface area contributed by atoms with E-state index in [9.17, 15) is 17.6 Å². The predicted octanol–water partition coefficient (Wildman–Crippen LogP) is 3.29. The van der Waals surface area contributed by atoms with Crippen molar-refractivity contribution in [1.82, 2.24) is 0 Å². The maximum Gasteiger partial charge on any atom is 0.351 e. The molecule has 0 fully saturated rings. The molecule has 0 aromatic heterocycles. The van der Waals surface area contributed by atoms with E-state index in [1.165, 1.54) is 36.4 Å². The fraction of sp³-hybridized carbons (Fsp3) is 0.167. The van der Waals surface area contributed by atoms with Crippen molar-refractivity contribution in [3.63, 3.8) is 0 Å². The SMILES string of the molecule is CCc1ccc(S(=O)(=O)/C(=C\Nc2ccc(F)cc2)C(=O)OC)cc1. The smallest absolute Gasteiger partial charge is 0.351 e. The highest BCUT2D eigenvalue weighted by Crippen LogP contribution is 2.21. The van der Waals surface area contributed by atoms with E-state index in [4.69, 9.17) is 0 Å². The Hall–Kier alpha value is -2.67. The van der Waals surface area contributed by atoms with Crippen LogP contribution < -0.4 is 5.32 Å². The third-order valence-corrected chi connectivity index (χ3v) is 5.29. The van der Waals surface area contributed by atoms with Crippen molar-refractivity contribution in [3.8, 4) is 0 Å². The number of sulfone groups is 1. The molecule has 0 heterocycles. The van der Waals surface area contributed by atoms with Crippen LogP contribution in [0.2, 0.25) is 0 Å². The lowest BCUT2D eigenvalue weighted by molar-refractivity contribution is -0.135. The van der Waals surface area contributed by atoms with Gasteiger partial charge in [0, 0.05) is 11.9 Å². The zero-order valence-corrected chi connectivity index (χ0v) is 14.6. The molecule has 25 heavy (non-hydrogen) atoms. The topological polar surface area (TPSA) is 72.5 Å². The summed E-state index contributed by atoms with van der Waals surface area (Å²) in [6.07, 6.45) is 1.81. The normalized spacial score (nSPS) is 11.9. The van der Waals surface area contributed by atoms with E-state index >= 15 is 0 Å². The fourth-order valence-corrected chi connectivity index (χ4v) is 3.34. The maximum atomic E-state index is 12.9. The van der Waals surface area contributed by atoms with Gasteiger partial charge in [-0.25, -0.2) is 17.6 Å². The van der Waals surface area contributed by atoms with Crippen LogP contribution in [-0.2, 0) is 25.8 Å². The lowest BCUT2D eigenvalue weighted by Crippen LogP contribution is -2.17. The molecular weight excluding hydrogens is 345 g/mol. The number of ether oxygens (including phenoxy) is 1. The number of carbonyl (C=O) groups is 1. The van der Waals surface area contributed by atoms with Gasteiger partial charge in [-0.2, -0.15) is 0 Å². The molecule has 0 aliphatic carbocycles. The second-order valence-electron chi connectivity index (χ2n) is 5.15. The number of rotatable bonds is 6. The van der Waals surface area contributed by atoms with E-state index in [-0.39, 0.29) is 4.90 Å². The summed E-state index contributed by atoms with van der Waals surface area (Å²) in [5, 5.41) is 2.68. The van der Waals surface area contributed by atoms with E-state index in [0.717, 1.165) is 25.3 Å². The Labute approximate surface area is 146 Å². The molecule has 132 valence electrons. The predicted molar refractivity (Wildman–Crippen MR) is 93.1 cm³/mol. The van der Waals surface area contributed by atoms with Crippen molar-refractivity contribution in [2.45, 2.75) is 18.2 Å². The number of hydrogen-bond acceptors (Lipinski definition) is 5. The molecule has 2 rings (SSSR count). The summed E-state index contributed by atoms with van der Waals surface area (Å²) in [4.78, 5) is 11.4. The zero-order chi connectivity index (χ0) is 18.4. The van der Waals surface area contributed by atoms with Crippen LogP contribution in [0, 0.1) is 5.82 Å². The van der Waals surface area contributed by atoms with Crippen LogP contribution in [0.25, 0.3) is 0 Å². The molecule has 0 aliphatic heterocycles. The van der Waals surface area contributed by atoms with E-state index in [2.05, 4.69) is 10.1 Å². The number of benzene rings is 2. The molecule has 7 heteroatoms. The summed E-state index contributed by atoms with van der Waals surface area (Å²) >= 11 is 0. The van der Waals surface area contributed by atoms with E-state index in [1.54, 1.807) is 12.1 Å². The van der Waals surface area contributed by atoms with E-state index in [0.29, 0.717) is 5.69 Å². The first-order chi connectivity index (χ1) is 11.9. The highest BCUT2D eigenvalue weighted by Gasteiger charge is 2.28. The van der Waals surface area contributed by atoms with Crippen molar-refractivity contribution in [1.29, 1.82) is 0 Å². The minimum atomic E-state index is -4.07. The summed E-state index contributed by atoms with van der Waals surface area (Å²) in [6, 6.07) is 11.5. The monoisotopic (exact) mass is 363 g/mol. The maximum absolute atomic E-state index is 12.9. The van der Waals surface area contributed by atoms with E-state index in [1.807, 2.05) is 6.92 Å². The van der Waals surface area contributed by atoms with E-state index < -0.39 is 26.5 Å². The van der Waals surface area contributed by atoms with Gasteiger partial charge in [-0.1, -0.05) is 19.1 Å². The van der Waals surface area contributed by atoms with Crippen molar-refractivity contribution in [2.24, 2.45) is 0 Å². The first-order valence-electron chi connectivity index (χ1n) is 7.53. The highest BCUT2D eigenvalue weighted by molar-refractivity contribution is 7.96. The number of carbonyl (C=O) groups excluding carboxylic acids is 1. The van der Waals surface area contributed by atoms with Crippen molar-refractivity contribution in [3.05, 3.63) is 71.0 Å². The second kappa shape index (κ2) is 7.94. The summed E-state index contributed by atoms with van der Waals surface area (Å²) < 4.78 is 43.0. The highest BCUT2D eigenvalue weighted by atomic mass is 32.2. The Kier molecular flexibility index (Phi) is 5.93. The largest absolute Gasteiger partial charge is 0.465 e. The first kappa shape index (κ1) is 18.7. The quantitative estimate of drug-likeness (QED) is 0.630. The van der Waals surface area contributed by atoms with Crippen LogP contribution in [-0.4, -0.2) is 21.5 Å². The fourth-order valence-electron chi connectivity index (χ4n) is 2.07. The molecule has 1 N–H and O–H groups in total. The number of nitrogens with one attached hydrogen (secondary N) is 1. The number of halogens is 1. The standard InChI is InChI=1S/C18H18FNO4S/c1-3-13-4-10-16(11-5-13)25(22,23)17(18(21)24-2)12-20-15-8-6-14(19)7-9-15/h4-12,20H,3H2,1-2H3/b17-12-. The number of methoxy groups -OCH3 is 1. The minimum Gasteiger partial charge on any atom is -0.465 e. The van der Waals surface area contributed by atoms with Gasteiger partial charge in [0.2, 0.25) is 9.84 Å². The second-order valence-corrected chi connectivity index (χ2v) is 7.07. The van der Waals surface area contributed by atoms with Crippen molar-refractivity contribution >= 4 is 21.5 Å². The summed E-state index contributed by atoms with van der Waals surface area (Å²) in [6.45, 7) is 1.95. The van der Waals surface area contributed by atoms with Crippen LogP contribution in [0.5, 0.6) is 0 Å². The Morgan fingerprint density at radius 3 is 2.24 bits per heavy atom. The average Bonchev–Trinajstić information content (AvgIpc) is 2.63. The number of aryl methyl sites for hydroxylation is 1. The first-order valence-corrected chi connectivity index (χ1v) is 9.01. The lowest BCUT2D eigenvalue weighted by atomic mass is 10.2. The van der Waals surface area contributed by atoms with Crippen LogP contribution >= 0.6 is 0 Å². The molecule has 2 aromatic rings. The molecule has 0 amide bonds. The molecule has 2 aromatic carbocycles. The Balaban J connectivity index is 2.39. The molecule has 0 saturated heterocycles. The van der Waals surface area contributed by atoms with Gasteiger partial charge in [0.15, 0.2) is 4.91 Å². The van der Waals surface area contributed by atoms with Gasteiger partial charge in [0.05, 0.1) is 12.0 Å². The van der Waals surface area contributed by atoms with Gasteiger partial charge in [-0.15, -0.1) is 0 Å². The average molecular weight is 363 g/mol. The van der Waals surface area contributed by atoms with Gasteiger partial charge in [-0.05, 0) is 48.4 Å². The Bertz CT molecular complexity index is 872. The van der Waals surface area contributed by atoms with Gasteiger partial charge in [0.1, 0.15) is 5.82 Å². The van der Waals surface area contributed by atoms with Crippen molar-refractivity contribution < 1.29 is 22.3 Å². The van der Waals surface area contributed by atoms with Gasteiger partial charge in [0.25, 0.3) is 0 Å². The third-order valence-electron chi connectivity index (χ3n) is 3.53.